The van der Waals surface area contributed by atoms with E-state index in [4.69, 9.17) is 5.10 Å². The summed E-state index contributed by atoms with van der Waals surface area (Å²) in [5.74, 6) is 1.67. The molecule has 0 saturated heterocycles. The standard InChI is InChI=1S/C16H13BrN2S/c17-12-5-7-13(8-6-12)19-9-11-10-20-15-4-2-1-3-14(15)16(11)18-19/h1-8,11H,9-10H2. The lowest BCUT2D eigenvalue weighted by Crippen LogP contribution is -2.24. The third-order valence-electron chi connectivity index (χ3n) is 3.74. The van der Waals surface area contributed by atoms with Crippen LogP contribution >= 0.6 is 27.7 Å². The minimum Gasteiger partial charge on any atom is -0.265 e. The van der Waals surface area contributed by atoms with Gasteiger partial charge in [0.2, 0.25) is 0 Å². The van der Waals surface area contributed by atoms with E-state index in [9.17, 15) is 0 Å². The number of rotatable bonds is 1. The predicted molar refractivity (Wildman–Crippen MR) is 88.7 cm³/mol. The second-order valence-corrected chi connectivity index (χ2v) is 7.03. The molecular formula is C16H13BrN2S. The van der Waals surface area contributed by atoms with Crippen LogP contribution in [0.5, 0.6) is 0 Å². The molecule has 4 rings (SSSR count). The Labute approximate surface area is 131 Å². The molecule has 0 saturated carbocycles. The lowest BCUT2D eigenvalue weighted by Gasteiger charge is -2.20. The van der Waals surface area contributed by atoms with Gasteiger partial charge in [0.05, 0.1) is 17.9 Å². The molecular weight excluding hydrogens is 332 g/mol. The summed E-state index contributed by atoms with van der Waals surface area (Å²) in [5, 5.41) is 7.01. The first-order chi connectivity index (χ1) is 9.81. The third-order valence-corrected chi connectivity index (χ3v) is 5.50. The van der Waals surface area contributed by atoms with E-state index in [0.717, 1.165) is 22.5 Å². The predicted octanol–water partition coefficient (Wildman–Crippen LogP) is 4.40. The third kappa shape index (κ3) is 2.07. The lowest BCUT2D eigenvalue weighted by molar-refractivity contribution is 0.781. The first-order valence-corrected chi connectivity index (χ1v) is 8.43. The van der Waals surface area contributed by atoms with Gasteiger partial charge in [-0.15, -0.1) is 11.8 Å². The summed E-state index contributed by atoms with van der Waals surface area (Å²) in [4.78, 5) is 1.36. The molecule has 0 fully saturated rings. The van der Waals surface area contributed by atoms with Crippen LogP contribution in [0.25, 0.3) is 0 Å². The number of hydrogen-bond donors (Lipinski definition) is 0. The van der Waals surface area contributed by atoms with Crippen LogP contribution in [0.15, 0.2) is 63.0 Å². The lowest BCUT2D eigenvalue weighted by atomic mass is 9.98. The van der Waals surface area contributed by atoms with Crippen LogP contribution in [0, 0.1) is 5.92 Å². The first-order valence-electron chi connectivity index (χ1n) is 6.65. The SMILES string of the molecule is Brc1ccc(N2CC3CSc4ccccc4C3=N2)cc1. The van der Waals surface area contributed by atoms with Gasteiger partial charge in [-0.25, -0.2) is 0 Å². The van der Waals surface area contributed by atoms with Gasteiger partial charge < -0.3 is 0 Å². The van der Waals surface area contributed by atoms with Gasteiger partial charge in [0.15, 0.2) is 0 Å². The maximum absolute atomic E-state index is 4.87. The Morgan fingerprint density at radius 1 is 1.10 bits per heavy atom. The molecule has 100 valence electrons. The van der Waals surface area contributed by atoms with Gasteiger partial charge in [-0.05, 0) is 30.3 Å². The molecule has 2 nitrogen and oxygen atoms in total. The number of anilines is 1. The van der Waals surface area contributed by atoms with Crippen LogP contribution in [-0.4, -0.2) is 18.0 Å². The van der Waals surface area contributed by atoms with Crippen LogP contribution in [0.4, 0.5) is 5.69 Å². The minimum absolute atomic E-state index is 0.540. The zero-order chi connectivity index (χ0) is 13.5. The number of thioether (sulfide) groups is 1. The monoisotopic (exact) mass is 344 g/mol. The fourth-order valence-corrected chi connectivity index (χ4v) is 4.14. The molecule has 2 heterocycles. The van der Waals surface area contributed by atoms with E-state index < -0.39 is 0 Å². The smallest absolute Gasteiger partial charge is 0.0750 e. The van der Waals surface area contributed by atoms with Crippen molar-refractivity contribution in [2.45, 2.75) is 4.90 Å². The summed E-state index contributed by atoms with van der Waals surface area (Å²) < 4.78 is 1.10. The zero-order valence-electron chi connectivity index (χ0n) is 10.8. The van der Waals surface area contributed by atoms with Crippen LogP contribution in [0.3, 0.4) is 0 Å². The molecule has 0 bridgehead atoms. The molecule has 1 unspecified atom stereocenters. The summed E-state index contributed by atoms with van der Waals surface area (Å²) >= 11 is 5.43. The molecule has 1 atom stereocenters. The normalized spacial score (nSPS) is 20.4. The topological polar surface area (TPSA) is 15.6 Å². The number of benzene rings is 2. The number of fused-ring (bicyclic) bond motifs is 3. The second-order valence-electron chi connectivity index (χ2n) is 5.05. The van der Waals surface area contributed by atoms with Gasteiger partial charge >= 0.3 is 0 Å². The Bertz CT molecular complexity index is 681. The summed E-state index contributed by atoms with van der Waals surface area (Å²) in [6.45, 7) is 0.984. The Balaban J connectivity index is 1.72. The fourth-order valence-electron chi connectivity index (χ4n) is 2.72. The van der Waals surface area contributed by atoms with Gasteiger partial charge in [-0.1, -0.05) is 34.1 Å². The molecule has 2 aliphatic heterocycles. The Morgan fingerprint density at radius 3 is 2.75 bits per heavy atom. The van der Waals surface area contributed by atoms with Gasteiger partial charge in [-0.2, -0.15) is 5.10 Å². The van der Waals surface area contributed by atoms with E-state index in [1.807, 2.05) is 11.8 Å². The van der Waals surface area contributed by atoms with E-state index in [-0.39, 0.29) is 0 Å². The number of nitrogens with zero attached hydrogens (tertiary/aromatic N) is 2. The molecule has 0 spiro atoms. The van der Waals surface area contributed by atoms with Crippen LogP contribution < -0.4 is 5.01 Å². The van der Waals surface area contributed by atoms with Crippen LogP contribution in [0.1, 0.15) is 5.56 Å². The van der Waals surface area contributed by atoms with Crippen molar-refractivity contribution in [3.63, 3.8) is 0 Å². The molecule has 0 amide bonds. The molecule has 2 aliphatic rings. The van der Waals surface area contributed by atoms with E-state index in [2.05, 4.69) is 69.5 Å². The van der Waals surface area contributed by atoms with E-state index in [1.165, 1.54) is 16.2 Å². The van der Waals surface area contributed by atoms with Gasteiger partial charge in [0, 0.05) is 26.6 Å². The van der Waals surface area contributed by atoms with Crippen molar-refractivity contribution in [3.05, 3.63) is 58.6 Å². The highest BCUT2D eigenvalue weighted by molar-refractivity contribution is 9.10. The van der Waals surface area contributed by atoms with Crippen LogP contribution in [0.2, 0.25) is 0 Å². The van der Waals surface area contributed by atoms with Crippen molar-refractivity contribution < 1.29 is 0 Å². The van der Waals surface area contributed by atoms with Crippen molar-refractivity contribution in [3.8, 4) is 0 Å². The maximum atomic E-state index is 4.87. The van der Waals surface area contributed by atoms with Crippen molar-refractivity contribution in [2.24, 2.45) is 11.0 Å². The number of hydrazone groups is 1. The molecule has 2 aromatic rings. The van der Waals surface area contributed by atoms with Gasteiger partial charge in [0.25, 0.3) is 0 Å². The largest absolute Gasteiger partial charge is 0.265 e. The Hall–Kier alpha value is -1.26. The quantitative estimate of drug-likeness (QED) is 0.762. The van der Waals surface area contributed by atoms with Crippen molar-refractivity contribution in [1.82, 2.24) is 0 Å². The molecule has 2 aromatic carbocycles. The maximum Gasteiger partial charge on any atom is 0.0750 e. The molecule has 0 aliphatic carbocycles. The van der Waals surface area contributed by atoms with Crippen LogP contribution in [-0.2, 0) is 0 Å². The number of halogens is 1. The highest BCUT2D eigenvalue weighted by atomic mass is 79.9. The Morgan fingerprint density at radius 2 is 1.90 bits per heavy atom. The molecule has 0 radical (unpaired) electrons. The summed E-state index contributed by atoms with van der Waals surface area (Å²) in [5.41, 5.74) is 3.73. The fraction of sp³-hybridized carbons (Fsp3) is 0.188. The highest BCUT2D eigenvalue weighted by Crippen LogP contribution is 2.37. The van der Waals surface area contributed by atoms with Crippen molar-refractivity contribution in [1.29, 1.82) is 0 Å². The minimum atomic E-state index is 0.540. The molecule has 20 heavy (non-hydrogen) atoms. The van der Waals surface area contributed by atoms with Gasteiger partial charge in [-0.3, -0.25) is 5.01 Å². The average molecular weight is 345 g/mol. The summed E-state index contributed by atoms with van der Waals surface area (Å²) in [7, 11) is 0. The Kier molecular flexibility index (Phi) is 3.08. The van der Waals surface area contributed by atoms with Gasteiger partial charge in [0.1, 0.15) is 0 Å². The number of hydrogen-bond acceptors (Lipinski definition) is 3. The molecule has 4 heteroatoms. The van der Waals surface area contributed by atoms with E-state index in [1.54, 1.807) is 0 Å². The molecule has 0 aromatic heterocycles. The zero-order valence-corrected chi connectivity index (χ0v) is 13.2. The average Bonchev–Trinajstić information content (AvgIpc) is 2.92. The van der Waals surface area contributed by atoms with Crippen molar-refractivity contribution >= 4 is 39.1 Å². The first kappa shape index (κ1) is 12.5. The van der Waals surface area contributed by atoms with Crippen molar-refractivity contribution in [2.75, 3.05) is 17.3 Å². The van der Waals surface area contributed by atoms with E-state index in [0.29, 0.717) is 5.92 Å². The highest BCUT2D eigenvalue weighted by Gasteiger charge is 2.33. The molecule has 0 N–H and O–H groups in total. The summed E-state index contributed by atoms with van der Waals surface area (Å²) in [6, 6.07) is 17.0. The second kappa shape index (κ2) is 4.93. The summed E-state index contributed by atoms with van der Waals surface area (Å²) in [6.07, 6.45) is 0. The van der Waals surface area contributed by atoms with E-state index >= 15 is 0 Å².